The summed E-state index contributed by atoms with van der Waals surface area (Å²) in [5.41, 5.74) is 3.01. The third-order valence-electron chi connectivity index (χ3n) is 2.09. The van der Waals surface area contributed by atoms with Crippen molar-refractivity contribution in [2.75, 3.05) is 5.73 Å². The lowest BCUT2D eigenvalue weighted by Gasteiger charge is -2.25. The van der Waals surface area contributed by atoms with Crippen molar-refractivity contribution in [3.8, 4) is 0 Å². The van der Waals surface area contributed by atoms with Crippen LogP contribution >= 0.6 is 0 Å². The summed E-state index contributed by atoms with van der Waals surface area (Å²) in [7, 11) is 0. The second-order valence-electron chi connectivity index (χ2n) is 3.56. The van der Waals surface area contributed by atoms with Gasteiger partial charge in [-0.1, -0.05) is 0 Å². The van der Waals surface area contributed by atoms with E-state index in [1.54, 1.807) is 0 Å². The van der Waals surface area contributed by atoms with E-state index in [-0.39, 0.29) is 6.54 Å². The highest BCUT2D eigenvalue weighted by molar-refractivity contribution is 5.30. The largest absolute Gasteiger partial charge is 0.416 e. The minimum absolute atomic E-state index is 0.0380. The number of nitrogens with zero attached hydrogens (tertiary/aromatic N) is 2. The molecule has 3 N–H and O–H groups in total. The number of aliphatic hydroxyl groups is 1. The topological polar surface area (TPSA) is 64.1 Å². The molecule has 0 amide bonds. The van der Waals surface area contributed by atoms with Crippen LogP contribution in [0.1, 0.15) is 13.3 Å². The van der Waals surface area contributed by atoms with E-state index in [4.69, 9.17) is 10.8 Å². The second kappa shape index (κ2) is 3.73. The van der Waals surface area contributed by atoms with Crippen molar-refractivity contribution in [3.05, 3.63) is 12.4 Å². The molecule has 0 saturated carbocycles. The zero-order valence-electron chi connectivity index (χ0n) is 8.12. The van der Waals surface area contributed by atoms with Gasteiger partial charge in [-0.05, 0) is 6.92 Å². The number of nitrogens with two attached hydrogens (primary N) is 1. The van der Waals surface area contributed by atoms with Crippen LogP contribution in [0.4, 0.5) is 18.9 Å². The van der Waals surface area contributed by atoms with E-state index in [1.807, 2.05) is 0 Å². The standard InChI is InChI=1S/C8H12F3N3O/c1-7(15,8(9,10)11)2-3-14-5-6(12)4-13-14/h4-5,15H,2-3,12H2,1H3. The molecule has 0 aromatic carbocycles. The summed E-state index contributed by atoms with van der Waals surface area (Å²) in [6, 6.07) is 0. The highest BCUT2D eigenvalue weighted by Crippen LogP contribution is 2.32. The van der Waals surface area contributed by atoms with E-state index in [0.717, 1.165) is 6.92 Å². The maximum atomic E-state index is 12.2. The number of anilines is 1. The van der Waals surface area contributed by atoms with Crippen molar-refractivity contribution in [1.29, 1.82) is 0 Å². The molecule has 1 atom stereocenters. The van der Waals surface area contributed by atoms with Gasteiger partial charge < -0.3 is 10.8 Å². The lowest BCUT2D eigenvalue weighted by atomic mass is 10.0. The van der Waals surface area contributed by atoms with E-state index in [1.165, 1.54) is 17.1 Å². The van der Waals surface area contributed by atoms with Crippen LogP contribution in [0, 0.1) is 0 Å². The van der Waals surface area contributed by atoms with E-state index >= 15 is 0 Å². The number of alkyl halides is 3. The second-order valence-corrected chi connectivity index (χ2v) is 3.56. The third kappa shape index (κ3) is 2.85. The predicted octanol–water partition coefficient (Wildman–Crippen LogP) is 1.17. The number of halogens is 3. The van der Waals surface area contributed by atoms with Crippen LogP contribution in [0.3, 0.4) is 0 Å². The van der Waals surface area contributed by atoms with Crippen molar-refractivity contribution in [1.82, 2.24) is 9.78 Å². The molecule has 4 nitrogen and oxygen atoms in total. The summed E-state index contributed by atoms with van der Waals surface area (Å²) in [5, 5.41) is 12.8. The SMILES string of the molecule is CC(O)(CCn1cc(N)cn1)C(F)(F)F. The molecule has 7 heteroatoms. The summed E-state index contributed by atoms with van der Waals surface area (Å²) >= 11 is 0. The Morgan fingerprint density at radius 2 is 2.13 bits per heavy atom. The first-order valence-electron chi connectivity index (χ1n) is 4.29. The van der Waals surface area contributed by atoms with E-state index in [0.29, 0.717) is 5.69 Å². The van der Waals surface area contributed by atoms with Gasteiger partial charge in [-0.2, -0.15) is 18.3 Å². The average Bonchev–Trinajstić information content (AvgIpc) is 2.46. The number of aryl methyl sites for hydroxylation is 1. The van der Waals surface area contributed by atoms with Crippen LogP contribution < -0.4 is 5.73 Å². The lowest BCUT2D eigenvalue weighted by Crippen LogP contribution is -2.42. The maximum Gasteiger partial charge on any atom is 0.416 e. The Morgan fingerprint density at radius 1 is 1.53 bits per heavy atom. The number of nitrogen functional groups attached to an aromatic ring is 1. The van der Waals surface area contributed by atoms with Crippen LogP contribution in [0.25, 0.3) is 0 Å². The Balaban J connectivity index is 2.57. The Morgan fingerprint density at radius 3 is 2.53 bits per heavy atom. The van der Waals surface area contributed by atoms with Gasteiger partial charge in [0.25, 0.3) is 0 Å². The maximum absolute atomic E-state index is 12.2. The molecule has 0 radical (unpaired) electrons. The molecule has 0 aliphatic heterocycles. The molecule has 0 spiro atoms. The van der Waals surface area contributed by atoms with Gasteiger partial charge in [-0.3, -0.25) is 4.68 Å². The van der Waals surface area contributed by atoms with Gasteiger partial charge >= 0.3 is 6.18 Å². The van der Waals surface area contributed by atoms with Crippen LogP contribution in [0.2, 0.25) is 0 Å². The molecule has 0 aliphatic carbocycles. The van der Waals surface area contributed by atoms with E-state index in [2.05, 4.69) is 5.10 Å². The molecule has 0 fully saturated rings. The fourth-order valence-electron chi connectivity index (χ4n) is 0.976. The van der Waals surface area contributed by atoms with Crippen molar-refractivity contribution in [2.24, 2.45) is 0 Å². The smallest absolute Gasteiger partial charge is 0.396 e. The molecule has 1 aromatic heterocycles. The third-order valence-corrected chi connectivity index (χ3v) is 2.09. The predicted molar refractivity (Wildman–Crippen MR) is 47.9 cm³/mol. The Kier molecular flexibility index (Phi) is 2.94. The number of aromatic nitrogens is 2. The van der Waals surface area contributed by atoms with Gasteiger partial charge in [-0.15, -0.1) is 0 Å². The summed E-state index contributed by atoms with van der Waals surface area (Å²) < 4.78 is 38.0. The van der Waals surface area contributed by atoms with Gasteiger partial charge in [0.1, 0.15) is 0 Å². The molecule has 0 aliphatic rings. The number of hydrogen-bond donors (Lipinski definition) is 2. The zero-order valence-corrected chi connectivity index (χ0v) is 8.12. The van der Waals surface area contributed by atoms with Crippen LogP contribution in [-0.2, 0) is 6.54 Å². The first-order valence-corrected chi connectivity index (χ1v) is 4.29. The minimum Gasteiger partial charge on any atom is -0.396 e. The molecule has 15 heavy (non-hydrogen) atoms. The van der Waals surface area contributed by atoms with Crippen molar-refractivity contribution >= 4 is 5.69 Å². The minimum atomic E-state index is -4.63. The van der Waals surface area contributed by atoms with Crippen LogP contribution in [0.15, 0.2) is 12.4 Å². The van der Waals surface area contributed by atoms with Gasteiger partial charge in [-0.25, -0.2) is 0 Å². The molecule has 0 saturated heterocycles. The quantitative estimate of drug-likeness (QED) is 0.808. The van der Waals surface area contributed by atoms with Crippen LogP contribution in [0.5, 0.6) is 0 Å². The van der Waals surface area contributed by atoms with Crippen molar-refractivity contribution in [3.63, 3.8) is 0 Å². The van der Waals surface area contributed by atoms with Gasteiger partial charge in [0.2, 0.25) is 0 Å². The first-order chi connectivity index (χ1) is 6.72. The normalized spacial score (nSPS) is 16.3. The Hall–Kier alpha value is -1.24. The highest BCUT2D eigenvalue weighted by atomic mass is 19.4. The lowest BCUT2D eigenvalue weighted by molar-refractivity contribution is -0.255. The van der Waals surface area contributed by atoms with Gasteiger partial charge in [0.05, 0.1) is 11.9 Å². The molecule has 0 bridgehead atoms. The zero-order chi connectivity index (χ0) is 11.7. The molecular formula is C8H12F3N3O. The Labute approximate surface area is 84.5 Å². The summed E-state index contributed by atoms with van der Waals surface area (Å²) in [6.45, 7) is 0.698. The fourth-order valence-corrected chi connectivity index (χ4v) is 0.976. The summed E-state index contributed by atoms with van der Waals surface area (Å²) in [4.78, 5) is 0. The molecule has 1 rings (SSSR count). The molecule has 86 valence electrons. The molecule has 1 unspecified atom stereocenters. The number of hydrogen-bond acceptors (Lipinski definition) is 3. The molecule has 1 aromatic rings. The first kappa shape index (κ1) is 11.8. The summed E-state index contributed by atoms with van der Waals surface area (Å²) in [6.07, 6.45) is -2.35. The molecule has 1 heterocycles. The van der Waals surface area contributed by atoms with Crippen molar-refractivity contribution < 1.29 is 18.3 Å². The van der Waals surface area contributed by atoms with E-state index in [9.17, 15) is 13.2 Å². The number of rotatable bonds is 3. The van der Waals surface area contributed by atoms with Gasteiger partial charge in [0.15, 0.2) is 5.60 Å². The summed E-state index contributed by atoms with van der Waals surface area (Å²) in [5.74, 6) is 0. The fraction of sp³-hybridized carbons (Fsp3) is 0.625. The van der Waals surface area contributed by atoms with E-state index < -0.39 is 18.2 Å². The van der Waals surface area contributed by atoms with Gasteiger partial charge in [0, 0.05) is 19.2 Å². The highest BCUT2D eigenvalue weighted by Gasteiger charge is 2.49. The average molecular weight is 223 g/mol. The monoisotopic (exact) mass is 223 g/mol. The van der Waals surface area contributed by atoms with Crippen LogP contribution in [-0.4, -0.2) is 26.7 Å². The van der Waals surface area contributed by atoms with Crippen molar-refractivity contribution in [2.45, 2.75) is 31.7 Å². The Bertz CT molecular complexity index is 332. The molecular weight excluding hydrogens is 211 g/mol.